The Labute approximate surface area is 269 Å². The van der Waals surface area contributed by atoms with E-state index in [4.69, 9.17) is 15.2 Å². The maximum absolute atomic E-state index is 13.4. The van der Waals surface area contributed by atoms with Gasteiger partial charge in [-0.2, -0.15) is 4.99 Å². The first-order valence-corrected chi connectivity index (χ1v) is 15.1. The Morgan fingerprint density at radius 2 is 1.50 bits per heavy atom. The number of ether oxygens (including phenoxy) is 2. The summed E-state index contributed by atoms with van der Waals surface area (Å²) < 4.78 is 12.0. The van der Waals surface area contributed by atoms with Crippen LogP contribution in [0.3, 0.4) is 0 Å². The minimum atomic E-state index is -0.953. The maximum Gasteiger partial charge on any atom is 0.270 e. The number of nitrogens with two attached hydrogens (primary N) is 1. The third-order valence-electron chi connectivity index (χ3n) is 7.38. The molecule has 4 aromatic carbocycles. The molecule has 0 bridgehead atoms. The quantitative estimate of drug-likeness (QED) is 0.128. The van der Waals surface area contributed by atoms with Crippen molar-refractivity contribution in [2.45, 2.75) is 52.2 Å². The van der Waals surface area contributed by atoms with Crippen LogP contribution >= 0.6 is 0 Å². The van der Waals surface area contributed by atoms with Crippen molar-refractivity contribution in [3.05, 3.63) is 132 Å². The zero-order chi connectivity index (χ0) is 32.7. The average molecular weight is 615 g/mol. The SMILES string of the molecule is CC(N)=NC(=O)[C@H](Cc1ccc(OCc2ccccc2)cc1)NC(=O)c1cc2cc(Oc3ccc(C(C)(C)C)cc3)ccc2cn1. The van der Waals surface area contributed by atoms with Crippen LogP contribution in [0.5, 0.6) is 17.2 Å². The van der Waals surface area contributed by atoms with Gasteiger partial charge < -0.3 is 20.5 Å². The van der Waals surface area contributed by atoms with Gasteiger partial charge in [0, 0.05) is 18.0 Å². The van der Waals surface area contributed by atoms with Crippen molar-refractivity contribution in [1.29, 1.82) is 0 Å². The molecule has 0 spiro atoms. The van der Waals surface area contributed by atoms with Crippen molar-refractivity contribution < 1.29 is 19.1 Å². The fourth-order valence-corrected chi connectivity index (χ4v) is 4.85. The summed E-state index contributed by atoms with van der Waals surface area (Å²) in [6, 6.07) is 31.6. The van der Waals surface area contributed by atoms with Gasteiger partial charge in [-0.1, -0.05) is 75.4 Å². The third-order valence-corrected chi connectivity index (χ3v) is 7.38. The molecule has 5 rings (SSSR count). The Hall–Kier alpha value is -5.50. The molecule has 8 heteroatoms. The van der Waals surface area contributed by atoms with Gasteiger partial charge in [-0.25, -0.2) is 0 Å². The van der Waals surface area contributed by atoms with E-state index in [-0.39, 0.29) is 23.4 Å². The maximum atomic E-state index is 13.4. The van der Waals surface area contributed by atoms with Gasteiger partial charge in [0.15, 0.2) is 0 Å². The Kier molecular flexibility index (Phi) is 9.76. The van der Waals surface area contributed by atoms with E-state index in [0.29, 0.717) is 23.9 Å². The van der Waals surface area contributed by atoms with Gasteiger partial charge >= 0.3 is 0 Å². The van der Waals surface area contributed by atoms with Gasteiger partial charge in [0.1, 0.15) is 35.6 Å². The van der Waals surface area contributed by atoms with Gasteiger partial charge in [0.25, 0.3) is 11.8 Å². The Morgan fingerprint density at radius 1 is 0.826 bits per heavy atom. The molecule has 0 radical (unpaired) electrons. The zero-order valence-corrected chi connectivity index (χ0v) is 26.5. The summed E-state index contributed by atoms with van der Waals surface area (Å²) in [5.41, 5.74) is 9.01. The molecule has 3 N–H and O–H groups in total. The molecule has 2 amide bonds. The monoisotopic (exact) mass is 614 g/mol. The highest BCUT2D eigenvalue weighted by atomic mass is 16.5. The molecule has 46 heavy (non-hydrogen) atoms. The lowest BCUT2D eigenvalue weighted by Gasteiger charge is -2.19. The van der Waals surface area contributed by atoms with Crippen LogP contribution in [0.15, 0.2) is 114 Å². The highest BCUT2D eigenvalue weighted by molar-refractivity contribution is 6.01. The smallest absolute Gasteiger partial charge is 0.270 e. The molecule has 5 aromatic rings. The summed E-state index contributed by atoms with van der Waals surface area (Å²) in [6.45, 7) is 8.47. The van der Waals surface area contributed by atoms with Crippen LogP contribution in [0.25, 0.3) is 10.8 Å². The van der Waals surface area contributed by atoms with E-state index in [0.717, 1.165) is 21.9 Å². The minimum Gasteiger partial charge on any atom is -0.489 e. The predicted molar refractivity (Wildman–Crippen MR) is 181 cm³/mol. The molecular weight excluding hydrogens is 576 g/mol. The van der Waals surface area contributed by atoms with Crippen LogP contribution in [0.4, 0.5) is 0 Å². The number of amidine groups is 1. The van der Waals surface area contributed by atoms with Crippen molar-refractivity contribution in [2.24, 2.45) is 10.7 Å². The lowest BCUT2D eigenvalue weighted by atomic mass is 9.87. The summed E-state index contributed by atoms with van der Waals surface area (Å²) >= 11 is 0. The first-order valence-electron chi connectivity index (χ1n) is 15.1. The first kappa shape index (κ1) is 31.9. The van der Waals surface area contributed by atoms with E-state index in [1.165, 1.54) is 12.5 Å². The molecular formula is C38H38N4O4. The standard InChI is InChI=1S/C38H38N4O4/c1-25(39)41-37(44)35(20-26-10-15-31(16-11-26)45-24-27-8-6-5-7-9-27)42-36(43)34-22-29-21-33(17-12-28(29)23-40-34)46-32-18-13-30(14-19-32)38(2,3)4/h5-19,21-23,35H,20,24H2,1-4H3,(H,42,43)(H2,39,41,44)/t35-/m0/s1. The van der Waals surface area contributed by atoms with E-state index < -0.39 is 17.9 Å². The molecule has 0 unspecified atom stereocenters. The zero-order valence-electron chi connectivity index (χ0n) is 26.5. The van der Waals surface area contributed by atoms with Crippen molar-refractivity contribution in [3.63, 3.8) is 0 Å². The Bertz CT molecular complexity index is 1840. The van der Waals surface area contributed by atoms with Crippen molar-refractivity contribution in [2.75, 3.05) is 0 Å². The average Bonchev–Trinajstić information content (AvgIpc) is 3.03. The lowest BCUT2D eigenvalue weighted by Crippen LogP contribution is -2.42. The molecule has 1 atom stereocenters. The van der Waals surface area contributed by atoms with E-state index in [1.807, 2.05) is 84.9 Å². The summed E-state index contributed by atoms with van der Waals surface area (Å²) in [6.07, 6.45) is 1.83. The molecule has 8 nitrogen and oxygen atoms in total. The van der Waals surface area contributed by atoms with Crippen LogP contribution in [-0.4, -0.2) is 28.7 Å². The summed E-state index contributed by atoms with van der Waals surface area (Å²) in [7, 11) is 0. The van der Waals surface area contributed by atoms with Crippen LogP contribution in [0.2, 0.25) is 0 Å². The number of amides is 2. The highest BCUT2D eigenvalue weighted by Gasteiger charge is 2.23. The van der Waals surface area contributed by atoms with Gasteiger partial charge in [-0.05, 0) is 82.9 Å². The fraction of sp³-hybridized carbons (Fsp3) is 0.211. The number of nitrogens with zero attached hydrogens (tertiary/aromatic N) is 2. The summed E-state index contributed by atoms with van der Waals surface area (Å²) in [5.74, 6) is 1.10. The van der Waals surface area contributed by atoms with Crippen LogP contribution in [0.1, 0.15) is 54.9 Å². The number of aliphatic imine (C=N–C) groups is 1. The molecule has 0 fully saturated rings. The molecule has 1 heterocycles. The van der Waals surface area contributed by atoms with E-state index in [2.05, 4.69) is 48.2 Å². The second-order valence-corrected chi connectivity index (χ2v) is 12.2. The van der Waals surface area contributed by atoms with Crippen LogP contribution < -0.4 is 20.5 Å². The normalized spacial score (nSPS) is 12.4. The molecule has 0 aliphatic rings. The number of hydrogen-bond donors (Lipinski definition) is 2. The summed E-state index contributed by atoms with van der Waals surface area (Å²) in [5, 5.41) is 4.43. The van der Waals surface area contributed by atoms with Crippen molar-refractivity contribution >= 4 is 28.4 Å². The lowest BCUT2D eigenvalue weighted by molar-refractivity contribution is -0.119. The Morgan fingerprint density at radius 3 is 2.17 bits per heavy atom. The number of carbonyl (C=O) groups is 2. The van der Waals surface area contributed by atoms with Crippen molar-refractivity contribution in [1.82, 2.24) is 10.3 Å². The van der Waals surface area contributed by atoms with Gasteiger partial charge in [-0.3, -0.25) is 14.6 Å². The summed E-state index contributed by atoms with van der Waals surface area (Å²) in [4.78, 5) is 34.6. The number of rotatable bonds is 10. The second-order valence-electron chi connectivity index (χ2n) is 12.2. The second kappa shape index (κ2) is 14.1. The minimum absolute atomic E-state index is 0.0484. The van der Waals surface area contributed by atoms with Crippen LogP contribution in [-0.2, 0) is 23.2 Å². The molecule has 0 aliphatic carbocycles. The largest absolute Gasteiger partial charge is 0.489 e. The molecule has 1 aromatic heterocycles. The third kappa shape index (κ3) is 8.57. The molecule has 0 saturated carbocycles. The van der Waals surface area contributed by atoms with E-state index in [9.17, 15) is 9.59 Å². The van der Waals surface area contributed by atoms with Gasteiger partial charge in [0.2, 0.25) is 0 Å². The number of benzene rings is 4. The van der Waals surface area contributed by atoms with E-state index >= 15 is 0 Å². The van der Waals surface area contributed by atoms with Crippen molar-refractivity contribution in [3.8, 4) is 17.2 Å². The first-order chi connectivity index (χ1) is 22.0. The predicted octanol–water partition coefficient (Wildman–Crippen LogP) is 7.15. The number of nitrogens with one attached hydrogen (secondary N) is 1. The van der Waals surface area contributed by atoms with E-state index in [1.54, 1.807) is 12.3 Å². The topological polar surface area (TPSA) is 116 Å². The van der Waals surface area contributed by atoms with Gasteiger partial charge in [-0.15, -0.1) is 0 Å². The fourth-order valence-electron chi connectivity index (χ4n) is 4.85. The number of fused-ring (bicyclic) bond motifs is 1. The van der Waals surface area contributed by atoms with Gasteiger partial charge in [0.05, 0.1) is 5.84 Å². The number of pyridine rings is 1. The Balaban J connectivity index is 1.29. The molecule has 0 aliphatic heterocycles. The molecule has 234 valence electrons. The molecule has 0 saturated heterocycles. The number of carbonyl (C=O) groups excluding carboxylic acids is 2. The highest BCUT2D eigenvalue weighted by Crippen LogP contribution is 2.29. The number of aromatic nitrogens is 1. The van der Waals surface area contributed by atoms with Crippen LogP contribution in [0, 0.1) is 0 Å². The number of hydrogen-bond acceptors (Lipinski definition) is 5.